The van der Waals surface area contributed by atoms with Crippen LogP contribution in [-0.4, -0.2) is 18.1 Å². The van der Waals surface area contributed by atoms with E-state index in [1.807, 2.05) is 0 Å². The predicted octanol–water partition coefficient (Wildman–Crippen LogP) is 4.61. The van der Waals surface area contributed by atoms with Crippen molar-refractivity contribution in [2.24, 2.45) is 0 Å². The van der Waals surface area contributed by atoms with E-state index in [9.17, 15) is 9.90 Å². The molecule has 2 aromatic carbocycles. The van der Waals surface area contributed by atoms with Crippen LogP contribution >= 0.6 is 34.8 Å². The number of rotatable bonds is 3. The maximum absolute atomic E-state index is 12.2. The van der Waals surface area contributed by atoms with Gasteiger partial charge in [0.25, 0.3) is 5.91 Å². The first kappa shape index (κ1) is 15.8. The molecule has 0 aliphatic carbocycles. The highest BCUT2D eigenvalue weighted by Gasteiger charge is 2.16. The molecule has 0 aromatic heterocycles. The number of phenols is 1. The molecule has 21 heavy (non-hydrogen) atoms. The van der Waals surface area contributed by atoms with Crippen LogP contribution in [0.3, 0.4) is 0 Å². The lowest BCUT2D eigenvalue weighted by atomic mass is 10.1. The van der Waals surface area contributed by atoms with Gasteiger partial charge in [-0.3, -0.25) is 4.79 Å². The molecule has 0 saturated heterocycles. The van der Waals surface area contributed by atoms with Crippen molar-refractivity contribution in [2.45, 2.75) is 0 Å². The summed E-state index contributed by atoms with van der Waals surface area (Å²) in [7, 11) is 1.40. The Bertz CT molecular complexity index is 704. The lowest BCUT2D eigenvalue weighted by Crippen LogP contribution is -2.12. The van der Waals surface area contributed by atoms with Crippen molar-refractivity contribution < 1.29 is 14.6 Å². The number of hydrogen-bond acceptors (Lipinski definition) is 3. The molecule has 2 rings (SSSR count). The number of anilines is 1. The summed E-state index contributed by atoms with van der Waals surface area (Å²) in [5.74, 6) is -0.608. The first-order valence-electron chi connectivity index (χ1n) is 5.76. The van der Waals surface area contributed by atoms with Crippen molar-refractivity contribution in [3.05, 3.63) is 51.0 Å². The van der Waals surface area contributed by atoms with Crippen LogP contribution in [0.2, 0.25) is 15.1 Å². The smallest absolute Gasteiger partial charge is 0.259 e. The number of methoxy groups -OCH3 is 1. The van der Waals surface area contributed by atoms with E-state index in [1.54, 1.807) is 6.07 Å². The van der Waals surface area contributed by atoms with Gasteiger partial charge in [-0.15, -0.1) is 0 Å². The average molecular weight is 347 g/mol. The Hall–Kier alpha value is -1.62. The van der Waals surface area contributed by atoms with Crippen molar-refractivity contribution in [1.29, 1.82) is 0 Å². The number of nitrogens with one attached hydrogen (secondary N) is 1. The maximum atomic E-state index is 12.2. The predicted molar refractivity (Wildman–Crippen MR) is 84.1 cm³/mol. The van der Waals surface area contributed by atoms with Gasteiger partial charge in [0, 0.05) is 0 Å². The monoisotopic (exact) mass is 345 g/mol. The van der Waals surface area contributed by atoms with Crippen molar-refractivity contribution >= 4 is 46.4 Å². The van der Waals surface area contributed by atoms with Crippen LogP contribution in [-0.2, 0) is 0 Å². The summed E-state index contributed by atoms with van der Waals surface area (Å²) >= 11 is 17.7. The third kappa shape index (κ3) is 3.35. The molecule has 0 heterocycles. The molecule has 0 radical (unpaired) electrons. The molecule has 4 nitrogen and oxygen atoms in total. The van der Waals surface area contributed by atoms with Crippen molar-refractivity contribution in [3.8, 4) is 11.5 Å². The molecule has 0 spiro atoms. The Morgan fingerprint density at radius 3 is 2.48 bits per heavy atom. The zero-order valence-electron chi connectivity index (χ0n) is 10.8. The Labute approximate surface area is 136 Å². The van der Waals surface area contributed by atoms with Crippen molar-refractivity contribution in [3.63, 3.8) is 0 Å². The largest absolute Gasteiger partial charge is 0.504 e. The van der Waals surface area contributed by atoms with Gasteiger partial charge < -0.3 is 15.2 Å². The van der Waals surface area contributed by atoms with Crippen LogP contribution in [0, 0.1) is 0 Å². The second kappa shape index (κ2) is 6.43. The van der Waals surface area contributed by atoms with E-state index in [0.29, 0.717) is 5.69 Å². The molecule has 0 unspecified atom stereocenters. The summed E-state index contributed by atoms with van der Waals surface area (Å²) in [4.78, 5) is 12.2. The molecule has 0 aliphatic heterocycles. The summed E-state index contributed by atoms with van der Waals surface area (Å²) in [5.41, 5.74) is 0.342. The Morgan fingerprint density at radius 2 is 1.81 bits per heavy atom. The normalized spacial score (nSPS) is 10.3. The fourth-order valence-electron chi connectivity index (χ4n) is 1.68. The number of aromatic hydroxyl groups is 1. The number of phenolic OH excluding ortho intramolecular Hbond substituents is 1. The summed E-state index contributed by atoms with van der Waals surface area (Å²) in [6.45, 7) is 0. The highest BCUT2D eigenvalue weighted by molar-refractivity contribution is 6.44. The first-order chi connectivity index (χ1) is 9.93. The Kier molecular flexibility index (Phi) is 4.83. The summed E-state index contributed by atoms with van der Waals surface area (Å²) < 4.78 is 4.95. The van der Waals surface area contributed by atoms with Crippen LogP contribution in [0.25, 0.3) is 0 Å². The highest BCUT2D eigenvalue weighted by atomic mass is 35.5. The molecular formula is C14H10Cl3NO3. The molecule has 2 aromatic rings. The van der Waals surface area contributed by atoms with Gasteiger partial charge in [-0.2, -0.15) is 0 Å². The Balaban J connectivity index is 2.33. The van der Waals surface area contributed by atoms with E-state index >= 15 is 0 Å². The number of amides is 1. The van der Waals surface area contributed by atoms with E-state index in [4.69, 9.17) is 39.5 Å². The fraction of sp³-hybridized carbons (Fsp3) is 0.0714. The minimum atomic E-state index is -0.549. The topological polar surface area (TPSA) is 58.6 Å². The van der Waals surface area contributed by atoms with Crippen LogP contribution in [0.5, 0.6) is 11.5 Å². The molecule has 0 fully saturated rings. The first-order valence-corrected chi connectivity index (χ1v) is 6.89. The van der Waals surface area contributed by atoms with E-state index in [1.165, 1.54) is 31.4 Å². The number of para-hydroxylation sites is 1. The molecule has 0 bridgehead atoms. The van der Waals surface area contributed by atoms with Crippen molar-refractivity contribution in [2.75, 3.05) is 12.4 Å². The summed E-state index contributed by atoms with van der Waals surface area (Å²) in [6.07, 6.45) is 0. The minimum absolute atomic E-state index is 0.0523. The average Bonchev–Trinajstić information content (AvgIpc) is 2.44. The zero-order chi connectivity index (χ0) is 15.6. The van der Waals surface area contributed by atoms with E-state index < -0.39 is 5.91 Å². The molecule has 0 atom stereocenters. The molecule has 0 saturated carbocycles. The molecule has 0 aliphatic rings. The number of hydrogen-bond donors (Lipinski definition) is 2. The van der Waals surface area contributed by atoms with Gasteiger partial charge in [0.15, 0.2) is 11.5 Å². The SMILES string of the molecule is COc1cccc(C(=O)Nc2cc(Cl)c(Cl)cc2Cl)c1O. The quantitative estimate of drug-likeness (QED) is 0.798. The second-order valence-electron chi connectivity index (χ2n) is 4.06. The molecular weight excluding hydrogens is 337 g/mol. The zero-order valence-corrected chi connectivity index (χ0v) is 13.1. The maximum Gasteiger partial charge on any atom is 0.259 e. The Morgan fingerprint density at radius 1 is 1.14 bits per heavy atom. The third-order valence-corrected chi connectivity index (χ3v) is 3.76. The van der Waals surface area contributed by atoms with Crippen molar-refractivity contribution in [1.82, 2.24) is 0 Å². The van der Waals surface area contributed by atoms with Crippen LogP contribution < -0.4 is 10.1 Å². The number of halogens is 3. The number of benzene rings is 2. The minimum Gasteiger partial charge on any atom is -0.504 e. The van der Waals surface area contributed by atoms with Gasteiger partial charge in [-0.25, -0.2) is 0 Å². The number of carbonyl (C=O) groups excluding carboxylic acids is 1. The van der Waals surface area contributed by atoms with Gasteiger partial charge in [0.05, 0.1) is 33.4 Å². The summed E-state index contributed by atoms with van der Waals surface area (Å²) in [5, 5.41) is 13.3. The van der Waals surface area contributed by atoms with Crippen LogP contribution in [0.15, 0.2) is 30.3 Å². The van der Waals surface area contributed by atoms with Gasteiger partial charge >= 0.3 is 0 Å². The lowest BCUT2D eigenvalue weighted by Gasteiger charge is -2.11. The molecule has 1 amide bonds. The molecule has 7 heteroatoms. The van der Waals surface area contributed by atoms with Gasteiger partial charge in [-0.05, 0) is 24.3 Å². The van der Waals surface area contributed by atoms with Gasteiger partial charge in [-0.1, -0.05) is 40.9 Å². The highest BCUT2D eigenvalue weighted by Crippen LogP contribution is 2.34. The van der Waals surface area contributed by atoms with E-state index in [-0.39, 0.29) is 32.1 Å². The number of ether oxygens (including phenoxy) is 1. The molecule has 2 N–H and O–H groups in total. The van der Waals surface area contributed by atoms with E-state index in [0.717, 1.165) is 0 Å². The van der Waals surface area contributed by atoms with Gasteiger partial charge in [0.2, 0.25) is 0 Å². The second-order valence-corrected chi connectivity index (χ2v) is 5.28. The van der Waals surface area contributed by atoms with Crippen LogP contribution in [0.1, 0.15) is 10.4 Å². The number of carbonyl (C=O) groups is 1. The third-order valence-electron chi connectivity index (χ3n) is 2.72. The summed E-state index contributed by atoms with van der Waals surface area (Å²) in [6, 6.07) is 7.44. The van der Waals surface area contributed by atoms with E-state index in [2.05, 4.69) is 5.32 Å². The van der Waals surface area contributed by atoms with Gasteiger partial charge in [0.1, 0.15) is 0 Å². The standard InChI is InChI=1S/C14H10Cl3NO3/c1-21-12-4-2-3-7(13(12)19)14(20)18-11-6-9(16)8(15)5-10(11)17/h2-6,19H,1H3,(H,18,20). The molecule has 110 valence electrons. The lowest BCUT2D eigenvalue weighted by molar-refractivity contribution is 0.102. The fourth-order valence-corrected chi connectivity index (χ4v) is 2.27. The van der Waals surface area contributed by atoms with Crippen LogP contribution in [0.4, 0.5) is 5.69 Å².